The van der Waals surface area contributed by atoms with Gasteiger partial charge in [-0.1, -0.05) is 24.3 Å². The molecule has 0 N–H and O–H groups in total. The van der Waals surface area contributed by atoms with Crippen LogP contribution in [0.2, 0.25) is 0 Å². The van der Waals surface area contributed by atoms with Gasteiger partial charge < -0.3 is 0 Å². The molecule has 120 valence electrons. The molecule has 10 fully saturated rings. The quantitative estimate of drug-likeness (QED) is 0.590. The lowest BCUT2D eigenvalue weighted by atomic mass is 9.16. The van der Waals surface area contributed by atoms with E-state index in [1.807, 2.05) is 0 Å². The van der Waals surface area contributed by atoms with Crippen molar-refractivity contribution in [1.82, 2.24) is 0 Å². The van der Waals surface area contributed by atoms with Gasteiger partial charge in [0, 0.05) is 0 Å². The van der Waals surface area contributed by atoms with Gasteiger partial charge in [0.05, 0.1) is 0 Å². The van der Waals surface area contributed by atoms with E-state index < -0.39 is 0 Å². The van der Waals surface area contributed by atoms with Crippen LogP contribution in [-0.2, 0) is 0 Å². The van der Waals surface area contributed by atoms with Crippen molar-refractivity contribution in [3.05, 3.63) is 24.3 Å². The zero-order valence-electron chi connectivity index (χ0n) is 14.1. The lowest BCUT2D eigenvalue weighted by molar-refractivity contribution is -0.396. The standard InChI is InChI=1S/C24H24/c1-2-10-18-13-5-3-11-17(18)9(1)21-12-4-6-15-20-16-8-7-14(19(12)20)22(10,21)24(13,16)23(11,15)21/h1-3,5,9-20H,4,6-8H2/t9-,10+,11+,12-,13-,14+,15+,16-,17?,18?,19?,20?,21?,22?,23?,24?. The molecule has 24 heavy (non-hydrogen) atoms. The van der Waals surface area contributed by atoms with Crippen molar-refractivity contribution >= 4 is 0 Å². The van der Waals surface area contributed by atoms with Gasteiger partial charge in [0.2, 0.25) is 0 Å². The molecule has 0 heteroatoms. The largest absolute Gasteiger partial charge is 0.0842 e. The summed E-state index contributed by atoms with van der Waals surface area (Å²) in [6, 6.07) is 0. The van der Waals surface area contributed by atoms with Crippen LogP contribution >= 0.6 is 0 Å². The number of allylic oxidation sites excluding steroid dienone is 4. The average Bonchev–Trinajstić information content (AvgIpc) is 3.19. The molecular weight excluding hydrogens is 288 g/mol. The van der Waals surface area contributed by atoms with Gasteiger partial charge in [0.15, 0.2) is 0 Å². The molecule has 14 aliphatic carbocycles. The lowest BCUT2D eigenvalue weighted by Gasteiger charge is -2.86. The van der Waals surface area contributed by atoms with Gasteiger partial charge in [-0.25, -0.2) is 0 Å². The minimum Gasteiger partial charge on any atom is -0.0842 e. The minimum atomic E-state index is 0.856. The first-order chi connectivity index (χ1) is 11.9. The highest BCUT2D eigenvalue weighted by atomic mass is 15.2. The molecule has 0 radical (unpaired) electrons. The Bertz CT molecular complexity index is 753. The molecule has 14 rings (SSSR count). The molecule has 4 unspecified atom stereocenters. The number of hydrogen-bond acceptors (Lipinski definition) is 0. The third kappa shape index (κ3) is 0.438. The first kappa shape index (κ1) is 10.6. The van der Waals surface area contributed by atoms with E-state index in [1.54, 1.807) is 25.7 Å². The van der Waals surface area contributed by atoms with Gasteiger partial charge in [-0.15, -0.1) is 0 Å². The Morgan fingerprint density at radius 2 is 0.708 bits per heavy atom. The van der Waals surface area contributed by atoms with E-state index in [4.69, 9.17) is 0 Å². The summed E-state index contributed by atoms with van der Waals surface area (Å²) in [4.78, 5) is 0. The maximum Gasteiger partial charge on any atom is -0.00590 e. The van der Waals surface area contributed by atoms with Gasteiger partial charge >= 0.3 is 0 Å². The molecule has 0 aromatic rings. The smallest absolute Gasteiger partial charge is 0.00590 e. The van der Waals surface area contributed by atoms with Crippen molar-refractivity contribution in [3.8, 4) is 0 Å². The van der Waals surface area contributed by atoms with Crippen LogP contribution in [-0.4, -0.2) is 0 Å². The number of hydrogen-bond donors (Lipinski definition) is 0. The van der Waals surface area contributed by atoms with E-state index in [-0.39, 0.29) is 0 Å². The summed E-state index contributed by atoms with van der Waals surface area (Å²) in [7, 11) is 0. The molecular formula is C24H24. The summed E-state index contributed by atoms with van der Waals surface area (Å²) in [5.74, 6) is 13.6. The first-order valence-corrected chi connectivity index (χ1v) is 11.3. The topological polar surface area (TPSA) is 0 Å². The van der Waals surface area contributed by atoms with Crippen LogP contribution in [0.25, 0.3) is 0 Å². The van der Waals surface area contributed by atoms with Gasteiger partial charge in [-0.2, -0.15) is 0 Å². The SMILES string of the molecule is C1=C[C@H]2C3C4[C@@H]1C15[C@@H]6CC[C@H]7C8C6[C@@H]6CC[C@H]8C8([C@@H]3C=C[C@@H]4C718)C265. The van der Waals surface area contributed by atoms with Crippen molar-refractivity contribution in [2.45, 2.75) is 25.7 Å². The molecule has 0 heterocycles. The zero-order valence-corrected chi connectivity index (χ0v) is 14.1. The second-order valence-corrected chi connectivity index (χ2v) is 12.2. The van der Waals surface area contributed by atoms with Crippen molar-refractivity contribution < 1.29 is 0 Å². The summed E-state index contributed by atoms with van der Waals surface area (Å²) in [5, 5.41) is 0. The Labute approximate surface area is 143 Å². The fourth-order valence-electron chi connectivity index (χ4n) is 16.4. The van der Waals surface area contributed by atoms with Gasteiger partial charge in [0.1, 0.15) is 0 Å². The predicted molar refractivity (Wildman–Crippen MR) is 88.4 cm³/mol. The van der Waals surface area contributed by atoms with Gasteiger partial charge in [-0.3, -0.25) is 0 Å². The first-order valence-electron chi connectivity index (χ1n) is 11.3. The second-order valence-electron chi connectivity index (χ2n) is 12.2. The second kappa shape index (κ2) is 2.28. The molecule has 12 bridgehead atoms. The number of rotatable bonds is 0. The van der Waals surface area contributed by atoms with Crippen molar-refractivity contribution in [2.24, 2.45) is 92.7 Å². The van der Waals surface area contributed by atoms with Crippen LogP contribution < -0.4 is 0 Å². The Morgan fingerprint density at radius 1 is 0.417 bits per heavy atom. The van der Waals surface area contributed by atoms with Crippen molar-refractivity contribution in [1.29, 1.82) is 0 Å². The highest BCUT2D eigenvalue weighted by Gasteiger charge is 3.13. The van der Waals surface area contributed by atoms with Crippen LogP contribution in [0, 0.1) is 92.7 Å². The monoisotopic (exact) mass is 312 g/mol. The summed E-state index contributed by atoms with van der Waals surface area (Å²) in [6.07, 6.45) is 18.0. The molecule has 10 saturated carbocycles. The molecule has 0 nitrogen and oxygen atoms in total. The molecule has 0 aromatic carbocycles. The Morgan fingerprint density at radius 3 is 1.00 bits per heavy atom. The lowest BCUT2D eigenvalue weighted by Crippen LogP contribution is -2.84. The average molecular weight is 312 g/mol. The summed E-state index contributed by atoms with van der Waals surface area (Å²) in [5.41, 5.74) is 3.42. The molecule has 4 spiro atoms. The molecule has 0 saturated heterocycles. The number of fused-ring (bicyclic) bond motifs is 1. The van der Waals surface area contributed by atoms with Crippen LogP contribution in [0.3, 0.4) is 0 Å². The molecule has 0 aliphatic heterocycles. The van der Waals surface area contributed by atoms with Crippen molar-refractivity contribution in [3.63, 3.8) is 0 Å². The van der Waals surface area contributed by atoms with Crippen LogP contribution in [0.1, 0.15) is 25.7 Å². The zero-order chi connectivity index (χ0) is 14.6. The fraction of sp³-hybridized carbons (Fsp3) is 0.833. The highest BCUT2D eigenvalue weighted by molar-refractivity contribution is 5.64. The Hall–Kier alpha value is -0.520. The fourth-order valence-corrected chi connectivity index (χ4v) is 16.4. The molecule has 14 aliphatic rings. The maximum absolute atomic E-state index is 2.85. The third-order valence-corrected chi connectivity index (χ3v) is 14.2. The van der Waals surface area contributed by atoms with E-state index in [1.165, 1.54) is 35.5 Å². The van der Waals surface area contributed by atoms with E-state index >= 15 is 0 Å². The summed E-state index contributed by atoms with van der Waals surface area (Å²) < 4.78 is 0. The minimum absolute atomic E-state index is 0.856. The Kier molecular flexibility index (Phi) is 1.00. The predicted octanol–water partition coefficient (Wildman–Crippen LogP) is 4.15. The normalized spacial score (nSPS) is 92.7. The van der Waals surface area contributed by atoms with Crippen LogP contribution in [0.15, 0.2) is 24.3 Å². The summed E-state index contributed by atoms with van der Waals surface area (Å²) in [6.45, 7) is 0. The molecule has 0 amide bonds. The van der Waals surface area contributed by atoms with E-state index in [2.05, 4.69) is 24.3 Å². The summed E-state index contributed by atoms with van der Waals surface area (Å²) >= 11 is 0. The van der Waals surface area contributed by atoms with Crippen LogP contribution in [0.4, 0.5) is 0 Å². The van der Waals surface area contributed by atoms with E-state index in [9.17, 15) is 0 Å². The Balaban J connectivity index is 1.51. The van der Waals surface area contributed by atoms with Crippen LogP contribution in [0.5, 0.6) is 0 Å². The molecule has 12 atom stereocenters. The van der Waals surface area contributed by atoms with Gasteiger partial charge in [-0.05, 0) is 118 Å². The maximum atomic E-state index is 2.85. The third-order valence-electron chi connectivity index (χ3n) is 14.2. The highest BCUT2D eigenvalue weighted by Crippen LogP contribution is 3.16. The van der Waals surface area contributed by atoms with E-state index in [0.29, 0.717) is 0 Å². The van der Waals surface area contributed by atoms with Crippen molar-refractivity contribution in [2.75, 3.05) is 0 Å². The van der Waals surface area contributed by atoms with E-state index in [0.717, 1.165) is 57.2 Å². The van der Waals surface area contributed by atoms with Gasteiger partial charge in [0.25, 0.3) is 0 Å². The molecule has 0 aromatic heterocycles.